The average Bonchev–Trinajstić information content (AvgIpc) is 3.14. The molecule has 1 amide bonds. The summed E-state index contributed by atoms with van der Waals surface area (Å²) in [5, 5.41) is 12.3. The van der Waals surface area contributed by atoms with Gasteiger partial charge in [-0.15, -0.1) is 28.5 Å². The van der Waals surface area contributed by atoms with Crippen LogP contribution < -0.4 is 10.1 Å². The highest BCUT2D eigenvalue weighted by molar-refractivity contribution is 7.99. The molecular weight excluding hydrogens is 416 g/mol. The lowest BCUT2D eigenvalue weighted by Crippen LogP contribution is -2.14. The molecule has 0 unspecified atom stereocenters. The Morgan fingerprint density at radius 2 is 2.03 bits per heavy atom. The van der Waals surface area contributed by atoms with Gasteiger partial charge in [0, 0.05) is 23.5 Å². The van der Waals surface area contributed by atoms with Gasteiger partial charge < -0.3 is 14.6 Å². The van der Waals surface area contributed by atoms with E-state index in [1.165, 1.54) is 11.8 Å². The van der Waals surface area contributed by atoms with E-state index in [0.717, 1.165) is 27.7 Å². The minimum atomic E-state index is -0.0805. The molecular formula is C22H24N4O2S2. The summed E-state index contributed by atoms with van der Waals surface area (Å²) >= 11 is 3.00. The number of hydrogen-bond donors (Lipinski definition) is 1. The monoisotopic (exact) mass is 440 g/mol. The zero-order valence-electron chi connectivity index (χ0n) is 17.0. The van der Waals surface area contributed by atoms with E-state index in [4.69, 9.17) is 4.74 Å². The topological polar surface area (TPSA) is 69.0 Å². The Labute approximate surface area is 185 Å². The third-order valence-electron chi connectivity index (χ3n) is 4.31. The van der Waals surface area contributed by atoms with E-state index < -0.39 is 0 Å². The summed E-state index contributed by atoms with van der Waals surface area (Å²) in [5.41, 5.74) is 1.90. The minimum Gasteiger partial charge on any atom is -0.497 e. The first-order chi connectivity index (χ1) is 14.6. The van der Waals surface area contributed by atoms with Crippen molar-refractivity contribution in [1.29, 1.82) is 0 Å². The Hall–Kier alpha value is -2.71. The molecule has 0 saturated heterocycles. The van der Waals surface area contributed by atoms with Gasteiger partial charge in [-0.25, -0.2) is 0 Å². The van der Waals surface area contributed by atoms with Crippen molar-refractivity contribution < 1.29 is 9.53 Å². The van der Waals surface area contributed by atoms with Crippen molar-refractivity contribution in [1.82, 2.24) is 14.8 Å². The van der Waals surface area contributed by atoms with Crippen molar-refractivity contribution in [2.75, 3.05) is 24.4 Å². The van der Waals surface area contributed by atoms with Gasteiger partial charge >= 0.3 is 0 Å². The Morgan fingerprint density at radius 1 is 1.23 bits per heavy atom. The number of methoxy groups -OCH3 is 1. The van der Waals surface area contributed by atoms with Gasteiger partial charge in [0.15, 0.2) is 5.16 Å². The lowest BCUT2D eigenvalue weighted by Gasteiger charge is -2.09. The predicted molar refractivity (Wildman–Crippen MR) is 124 cm³/mol. The van der Waals surface area contributed by atoms with Crippen molar-refractivity contribution in [3.63, 3.8) is 0 Å². The first-order valence-electron chi connectivity index (χ1n) is 9.35. The molecule has 0 bridgehead atoms. The Morgan fingerprint density at radius 3 is 2.73 bits per heavy atom. The normalized spacial score (nSPS) is 10.6. The number of ether oxygens (including phenoxy) is 1. The number of anilines is 1. The fourth-order valence-corrected chi connectivity index (χ4v) is 4.05. The molecule has 0 radical (unpaired) electrons. The Bertz CT molecular complexity index is 1000. The van der Waals surface area contributed by atoms with Crippen LogP contribution in [0.1, 0.15) is 11.4 Å². The van der Waals surface area contributed by atoms with Gasteiger partial charge in [-0.2, -0.15) is 0 Å². The first-order valence-corrected chi connectivity index (χ1v) is 11.6. The zero-order valence-corrected chi connectivity index (χ0v) is 18.6. The Balaban J connectivity index is 1.65. The maximum atomic E-state index is 12.4. The summed E-state index contributed by atoms with van der Waals surface area (Å²) in [6.07, 6.45) is 4.45. The highest BCUT2D eigenvalue weighted by Gasteiger charge is 2.14. The molecule has 0 aliphatic carbocycles. The molecule has 0 fully saturated rings. The van der Waals surface area contributed by atoms with E-state index in [-0.39, 0.29) is 11.7 Å². The quantitative estimate of drug-likeness (QED) is 0.369. The fraction of sp³-hybridized carbons (Fsp3) is 0.227. The molecule has 0 aliphatic heterocycles. The number of allylic oxidation sites excluding steroid dienone is 1. The number of thioether (sulfide) groups is 2. The SMILES string of the molecule is C=CCn1c(Cc2ccc(OC)cc2)nnc1SCC(=O)Nc1cccc(SC)c1. The summed E-state index contributed by atoms with van der Waals surface area (Å²) in [6.45, 7) is 4.41. The van der Waals surface area contributed by atoms with Gasteiger partial charge in [-0.3, -0.25) is 4.79 Å². The third-order valence-corrected chi connectivity index (χ3v) is 6.00. The van der Waals surface area contributed by atoms with Crippen LogP contribution in [0.4, 0.5) is 5.69 Å². The number of carbonyl (C=O) groups excluding carboxylic acids is 1. The van der Waals surface area contributed by atoms with Gasteiger partial charge in [0.05, 0.1) is 12.9 Å². The van der Waals surface area contributed by atoms with Gasteiger partial charge in [0.2, 0.25) is 5.91 Å². The number of amides is 1. The van der Waals surface area contributed by atoms with E-state index in [1.807, 2.05) is 59.4 Å². The molecule has 0 aliphatic rings. The van der Waals surface area contributed by atoms with Crippen molar-refractivity contribution in [2.24, 2.45) is 0 Å². The first kappa shape index (κ1) is 22.0. The predicted octanol–water partition coefficient (Wildman–Crippen LogP) is 4.52. The van der Waals surface area contributed by atoms with Gasteiger partial charge in [-0.1, -0.05) is 36.0 Å². The second-order valence-electron chi connectivity index (χ2n) is 6.39. The maximum absolute atomic E-state index is 12.4. The van der Waals surface area contributed by atoms with Crippen molar-refractivity contribution in [2.45, 2.75) is 23.0 Å². The number of aromatic nitrogens is 3. The number of hydrogen-bond acceptors (Lipinski definition) is 6. The molecule has 0 saturated carbocycles. The summed E-state index contributed by atoms with van der Waals surface area (Å²) in [7, 11) is 1.65. The molecule has 8 heteroatoms. The molecule has 1 heterocycles. The molecule has 1 N–H and O–H groups in total. The number of nitrogens with zero attached hydrogens (tertiary/aromatic N) is 3. The second-order valence-corrected chi connectivity index (χ2v) is 8.21. The third kappa shape index (κ3) is 5.90. The van der Waals surface area contributed by atoms with Crippen LogP contribution in [0, 0.1) is 0 Å². The van der Waals surface area contributed by atoms with Crippen molar-refractivity contribution >= 4 is 35.1 Å². The molecule has 3 aromatic rings. The molecule has 0 spiro atoms. The van der Waals surface area contributed by atoms with E-state index in [0.29, 0.717) is 18.1 Å². The number of carbonyl (C=O) groups is 1. The second kappa shape index (κ2) is 10.9. The molecule has 6 nitrogen and oxygen atoms in total. The van der Waals surface area contributed by atoms with Crippen LogP contribution in [0.15, 0.2) is 71.2 Å². The summed E-state index contributed by atoms with van der Waals surface area (Å²) < 4.78 is 7.20. The largest absolute Gasteiger partial charge is 0.497 e. The van der Waals surface area contributed by atoms with Crippen LogP contribution in [-0.4, -0.2) is 39.8 Å². The number of nitrogens with one attached hydrogen (secondary N) is 1. The molecule has 3 rings (SSSR count). The van der Waals surface area contributed by atoms with Crippen LogP contribution in [0.25, 0.3) is 0 Å². The molecule has 156 valence electrons. The van der Waals surface area contributed by atoms with E-state index in [1.54, 1.807) is 24.9 Å². The lowest BCUT2D eigenvalue weighted by atomic mass is 10.1. The summed E-state index contributed by atoms with van der Waals surface area (Å²) in [6, 6.07) is 15.7. The zero-order chi connectivity index (χ0) is 21.3. The maximum Gasteiger partial charge on any atom is 0.234 e. The standard InChI is InChI=1S/C22H24N4O2S2/c1-4-12-26-20(13-16-8-10-18(28-2)11-9-16)24-25-22(26)30-15-21(27)23-17-6-5-7-19(14-17)29-3/h4-11,14H,1,12-13,15H2,2-3H3,(H,23,27). The van der Waals surface area contributed by atoms with E-state index >= 15 is 0 Å². The van der Waals surface area contributed by atoms with E-state index in [9.17, 15) is 4.79 Å². The van der Waals surface area contributed by atoms with Crippen LogP contribution in [0.2, 0.25) is 0 Å². The van der Waals surface area contributed by atoms with Crippen molar-refractivity contribution in [3.8, 4) is 5.75 Å². The lowest BCUT2D eigenvalue weighted by molar-refractivity contribution is -0.113. The van der Waals surface area contributed by atoms with Crippen LogP contribution in [-0.2, 0) is 17.8 Å². The molecule has 2 aromatic carbocycles. The van der Waals surface area contributed by atoms with Crippen molar-refractivity contribution in [3.05, 3.63) is 72.6 Å². The average molecular weight is 441 g/mol. The van der Waals surface area contributed by atoms with Gasteiger partial charge in [0.25, 0.3) is 0 Å². The molecule has 30 heavy (non-hydrogen) atoms. The Kier molecular flexibility index (Phi) is 7.98. The van der Waals surface area contributed by atoms with Gasteiger partial charge in [0.1, 0.15) is 11.6 Å². The smallest absolute Gasteiger partial charge is 0.234 e. The van der Waals surface area contributed by atoms with Crippen LogP contribution in [0.5, 0.6) is 5.75 Å². The highest BCUT2D eigenvalue weighted by Crippen LogP contribution is 2.22. The van der Waals surface area contributed by atoms with Crippen LogP contribution in [0.3, 0.4) is 0 Å². The summed E-state index contributed by atoms with van der Waals surface area (Å²) in [5.74, 6) is 1.82. The summed E-state index contributed by atoms with van der Waals surface area (Å²) in [4.78, 5) is 13.5. The molecule has 1 aromatic heterocycles. The molecule has 0 atom stereocenters. The number of benzene rings is 2. The highest BCUT2D eigenvalue weighted by atomic mass is 32.2. The van der Waals surface area contributed by atoms with E-state index in [2.05, 4.69) is 22.1 Å². The number of rotatable bonds is 10. The van der Waals surface area contributed by atoms with Crippen LogP contribution >= 0.6 is 23.5 Å². The van der Waals surface area contributed by atoms with Gasteiger partial charge in [-0.05, 0) is 42.2 Å². The minimum absolute atomic E-state index is 0.0805. The fourth-order valence-electron chi connectivity index (χ4n) is 2.82.